The highest BCUT2D eigenvalue weighted by atomic mass is 16.5. The molecule has 126 valence electrons. The zero-order valence-corrected chi connectivity index (χ0v) is 14.0. The van der Waals surface area contributed by atoms with Crippen LogP contribution < -0.4 is 4.74 Å². The molecule has 0 radical (unpaired) electrons. The highest BCUT2D eigenvalue weighted by Gasteiger charge is 2.09. The Hall–Kier alpha value is -2.76. The van der Waals surface area contributed by atoms with Crippen molar-refractivity contribution in [2.45, 2.75) is 26.7 Å². The third-order valence-corrected chi connectivity index (χ3v) is 3.20. The molecule has 24 heavy (non-hydrogen) atoms. The summed E-state index contributed by atoms with van der Waals surface area (Å²) in [6.45, 7) is 7.82. The Morgan fingerprint density at radius 3 is 2.54 bits per heavy atom. The molecule has 0 unspecified atom stereocenters. The Bertz CT molecular complexity index is 682. The minimum Gasteiger partial charge on any atom is -0.473 e. The van der Waals surface area contributed by atoms with E-state index in [-0.39, 0.29) is 12.2 Å². The molecule has 0 atom stereocenters. The summed E-state index contributed by atoms with van der Waals surface area (Å²) in [5.74, 6) is -0.0590. The number of aromatic nitrogens is 3. The number of hydrogen-bond donors (Lipinski definition) is 0. The molecule has 6 heteroatoms. The second-order valence-electron chi connectivity index (χ2n) is 5.14. The van der Waals surface area contributed by atoms with Crippen LogP contribution in [0.4, 0.5) is 0 Å². The van der Waals surface area contributed by atoms with Gasteiger partial charge in [0, 0.05) is 24.0 Å². The molecule has 0 aliphatic heterocycles. The van der Waals surface area contributed by atoms with Crippen molar-refractivity contribution in [1.29, 1.82) is 0 Å². The number of nitrogens with zero attached hydrogens (tertiary/aromatic N) is 3. The van der Waals surface area contributed by atoms with Crippen LogP contribution in [0.25, 0.3) is 11.3 Å². The number of rotatable bonds is 8. The molecule has 0 saturated heterocycles. The fourth-order valence-corrected chi connectivity index (χ4v) is 1.96. The van der Waals surface area contributed by atoms with Crippen LogP contribution in [0.15, 0.2) is 42.9 Å². The number of carbonyl (C=O) groups excluding carboxylic acids is 1. The topological polar surface area (TPSA) is 74.2 Å². The molecule has 0 amide bonds. The Morgan fingerprint density at radius 1 is 1.12 bits per heavy atom. The summed E-state index contributed by atoms with van der Waals surface area (Å²) >= 11 is 0. The van der Waals surface area contributed by atoms with Gasteiger partial charge in [0.1, 0.15) is 6.61 Å². The maximum atomic E-state index is 11.4. The van der Waals surface area contributed by atoms with Crippen molar-refractivity contribution in [2.75, 3.05) is 13.2 Å². The van der Waals surface area contributed by atoms with E-state index in [4.69, 9.17) is 9.47 Å². The van der Waals surface area contributed by atoms with Crippen molar-refractivity contribution >= 4 is 5.97 Å². The van der Waals surface area contributed by atoms with Gasteiger partial charge in [-0.2, -0.15) is 0 Å². The van der Waals surface area contributed by atoms with Crippen LogP contribution in [0.2, 0.25) is 0 Å². The van der Waals surface area contributed by atoms with Crippen molar-refractivity contribution in [3.8, 4) is 17.1 Å². The highest BCUT2D eigenvalue weighted by Crippen LogP contribution is 2.18. The Kier molecular flexibility index (Phi) is 6.42. The van der Waals surface area contributed by atoms with Crippen LogP contribution >= 0.6 is 0 Å². The van der Waals surface area contributed by atoms with Crippen LogP contribution in [0, 0.1) is 0 Å². The van der Waals surface area contributed by atoms with E-state index >= 15 is 0 Å². The Balaban J connectivity index is 1.95. The molecule has 2 rings (SSSR count). The summed E-state index contributed by atoms with van der Waals surface area (Å²) in [4.78, 5) is 24.4. The third kappa shape index (κ3) is 4.87. The lowest BCUT2D eigenvalue weighted by molar-refractivity contribution is -0.138. The van der Waals surface area contributed by atoms with Crippen molar-refractivity contribution in [3.63, 3.8) is 0 Å². The van der Waals surface area contributed by atoms with Gasteiger partial charge in [-0.1, -0.05) is 19.9 Å². The van der Waals surface area contributed by atoms with Crippen LogP contribution in [-0.2, 0) is 16.0 Å². The Labute approximate surface area is 141 Å². The van der Waals surface area contributed by atoms with Crippen LogP contribution in [0.3, 0.4) is 0 Å². The number of hydrogen-bond acceptors (Lipinski definition) is 6. The molecule has 0 fully saturated rings. The lowest BCUT2D eigenvalue weighted by Crippen LogP contribution is -2.13. The number of ether oxygens (including phenoxy) is 2. The SMILES string of the molecule is C=C(COc1ccc(-c2cnc(CCC)cn2)cn1)C(=O)OCC. The first kappa shape index (κ1) is 17.6. The van der Waals surface area contributed by atoms with Gasteiger partial charge in [0.25, 0.3) is 0 Å². The zero-order valence-electron chi connectivity index (χ0n) is 14.0. The molecule has 0 aliphatic rings. The molecule has 0 N–H and O–H groups in total. The summed E-state index contributed by atoms with van der Waals surface area (Å²) in [5.41, 5.74) is 2.83. The molecule has 0 bridgehead atoms. The quantitative estimate of drug-likeness (QED) is 0.548. The smallest absolute Gasteiger partial charge is 0.336 e. The molecule has 0 spiro atoms. The third-order valence-electron chi connectivity index (χ3n) is 3.20. The van der Waals surface area contributed by atoms with E-state index in [2.05, 4.69) is 28.5 Å². The lowest BCUT2D eigenvalue weighted by Gasteiger charge is -2.08. The average Bonchev–Trinajstić information content (AvgIpc) is 2.61. The molecular weight excluding hydrogens is 306 g/mol. The molecule has 0 aliphatic carbocycles. The number of esters is 1. The van der Waals surface area contributed by atoms with Gasteiger partial charge in [-0.3, -0.25) is 9.97 Å². The van der Waals surface area contributed by atoms with E-state index in [1.165, 1.54) is 0 Å². The van der Waals surface area contributed by atoms with Crippen LogP contribution in [0.1, 0.15) is 26.0 Å². The normalized spacial score (nSPS) is 10.2. The van der Waals surface area contributed by atoms with Gasteiger partial charge in [0.05, 0.1) is 29.8 Å². The van der Waals surface area contributed by atoms with Crippen molar-refractivity contribution < 1.29 is 14.3 Å². The van der Waals surface area contributed by atoms with Crippen molar-refractivity contribution in [1.82, 2.24) is 15.0 Å². The standard InChI is InChI=1S/C18H21N3O3/c1-4-6-15-10-20-16(11-19-15)14-7-8-17(21-9-14)24-12-13(3)18(22)23-5-2/h7-11H,3-6,12H2,1-2H3. The summed E-state index contributed by atoms with van der Waals surface area (Å²) in [5, 5.41) is 0. The molecule has 2 heterocycles. The van der Waals surface area contributed by atoms with Gasteiger partial charge in [-0.15, -0.1) is 0 Å². The lowest BCUT2D eigenvalue weighted by atomic mass is 10.2. The number of carbonyl (C=O) groups is 1. The van der Waals surface area contributed by atoms with Gasteiger partial charge in [0.15, 0.2) is 0 Å². The fourth-order valence-electron chi connectivity index (χ4n) is 1.96. The molecule has 0 aromatic carbocycles. The zero-order chi connectivity index (χ0) is 17.4. The number of aryl methyl sites for hydroxylation is 1. The summed E-state index contributed by atoms with van der Waals surface area (Å²) in [6.07, 6.45) is 7.14. The summed E-state index contributed by atoms with van der Waals surface area (Å²) in [7, 11) is 0. The van der Waals surface area contributed by atoms with E-state index in [1.54, 1.807) is 31.6 Å². The molecule has 2 aromatic heterocycles. The van der Waals surface area contributed by atoms with Gasteiger partial charge >= 0.3 is 5.97 Å². The first-order valence-corrected chi connectivity index (χ1v) is 7.89. The fraction of sp³-hybridized carbons (Fsp3) is 0.333. The predicted octanol–water partition coefficient (Wildman–Crippen LogP) is 2.99. The van der Waals surface area contributed by atoms with E-state index in [0.29, 0.717) is 12.5 Å². The predicted molar refractivity (Wildman–Crippen MR) is 90.5 cm³/mol. The van der Waals surface area contributed by atoms with E-state index in [0.717, 1.165) is 29.8 Å². The second kappa shape index (κ2) is 8.76. The van der Waals surface area contributed by atoms with E-state index < -0.39 is 5.97 Å². The van der Waals surface area contributed by atoms with Crippen LogP contribution in [0.5, 0.6) is 5.88 Å². The van der Waals surface area contributed by atoms with E-state index in [1.807, 2.05) is 6.07 Å². The first-order valence-electron chi connectivity index (χ1n) is 7.89. The summed E-state index contributed by atoms with van der Waals surface area (Å²) in [6, 6.07) is 3.56. The minimum absolute atomic E-state index is 0.0384. The van der Waals surface area contributed by atoms with Crippen molar-refractivity contribution in [3.05, 3.63) is 48.6 Å². The molecule has 2 aromatic rings. The van der Waals surface area contributed by atoms with Gasteiger partial charge in [0.2, 0.25) is 5.88 Å². The maximum Gasteiger partial charge on any atom is 0.336 e. The van der Waals surface area contributed by atoms with Crippen molar-refractivity contribution in [2.24, 2.45) is 0 Å². The highest BCUT2D eigenvalue weighted by molar-refractivity contribution is 5.88. The monoisotopic (exact) mass is 327 g/mol. The largest absolute Gasteiger partial charge is 0.473 e. The second-order valence-corrected chi connectivity index (χ2v) is 5.14. The molecular formula is C18H21N3O3. The van der Waals surface area contributed by atoms with E-state index in [9.17, 15) is 4.79 Å². The number of pyridine rings is 1. The minimum atomic E-state index is -0.462. The Morgan fingerprint density at radius 2 is 1.96 bits per heavy atom. The summed E-state index contributed by atoms with van der Waals surface area (Å²) < 4.78 is 10.3. The maximum absolute atomic E-state index is 11.4. The van der Waals surface area contributed by atoms with Gasteiger partial charge in [-0.25, -0.2) is 9.78 Å². The molecule has 0 saturated carbocycles. The van der Waals surface area contributed by atoms with Gasteiger partial charge < -0.3 is 9.47 Å². The van der Waals surface area contributed by atoms with Gasteiger partial charge in [-0.05, 0) is 19.4 Å². The molecule has 6 nitrogen and oxygen atoms in total. The first-order chi connectivity index (χ1) is 11.6. The average molecular weight is 327 g/mol. The van der Waals surface area contributed by atoms with Crippen LogP contribution in [-0.4, -0.2) is 34.1 Å².